The zero-order valence-electron chi connectivity index (χ0n) is 14.6. The van der Waals surface area contributed by atoms with Crippen LogP contribution in [0.3, 0.4) is 0 Å². The van der Waals surface area contributed by atoms with Crippen LogP contribution in [0.25, 0.3) is 10.2 Å². The molecule has 0 aliphatic rings. The Morgan fingerprint density at radius 2 is 2.12 bits per heavy atom. The molecule has 0 saturated carbocycles. The number of carbonyl (C=O) groups excluding carboxylic acids is 1. The number of aromatic nitrogens is 1. The maximum absolute atomic E-state index is 12.3. The molecule has 0 N–H and O–H groups in total. The number of hydrogen-bond acceptors (Lipinski definition) is 4. The molecule has 1 aromatic heterocycles. The van der Waals surface area contributed by atoms with Crippen LogP contribution < -0.4 is 9.54 Å². The molecule has 0 bridgehead atoms. The van der Waals surface area contributed by atoms with Gasteiger partial charge in [0.25, 0.3) is 5.91 Å². The maximum atomic E-state index is 12.3. The molecule has 0 saturated heterocycles. The second kappa shape index (κ2) is 8.87. The van der Waals surface area contributed by atoms with Crippen LogP contribution in [-0.4, -0.2) is 23.3 Å². The first-order valence-electron chi connectivity index (χ1n) is 8.19. The molecule has 2 aromatic carbocycles. The van der Waals surface area contributed by atoms with Crippen molar-refractivity contribution in [2.75, 3.05) is 12.9 Å². The van der Waals surface area contributed by atoms with Gasteiger partial charge in [-0.25, -0.2) is 0 Å². The summed E-state index contributed by atoms with van der Waals surface area (Å²) in [6.45, 7) is 4.41. The Balaban J connectivity index is 1.79. The van der Waals surface area contributed by atoms with Gasteiger partial charge in [0.2, 0.25) is 0 Å². The van der Waals surface area contributed by atoms with Crippen molar-refractivity contribution in [3.63, 3.8) is 0 Å². The molecule has 1 heterocycles. The SMILES string of the molecule is C=CCn1c(=NC(=O)CSCc2ccccc2)sc2cc(OC)ccc21. The maximum Gasteiger partial charge on any atom is 0.258 e. The van der Waals surface area contributed by atoms with Gasteiger partial charge in [-0.05, 0) is 23.8 Å². The lowest BCUT2D eigenvalue weighted by atomic mass is 10.2. The predicted molar refractivity (Wildman–Crippen MR) is 110 cm³/mol. The summed E-state index contributed by atoms with van der Waals surface area (Å²) in [5, 5.41) is 0. The van der Waals surface area contributed by atoms with Crippen LogP contribution in [0.2, 0.25) is 0 Å². The summed E-state index contributed by atoms with van der Waals surface area (Å²) in [7, 11) is 1.64. The number of thioether (sulfide) groups is 1. The van der Waals surface area contributed by atoms with Crippen molar-refractivity contribution in [1.29, 1.82) is 0 Å². The van der Waals surface area contributed by atoms with Crippen LogP contribution in [0.15, 0.2) is 66.2 Å². The van der Waals surface area contributed by atoms with Crippen molar-refractivity contribution in [2.24, 2.45) is 4.99 Å². The fourth-order valence-electron chi connectivity index (χ4n) is 2.54. The molecule has 1 amide bonds. The minimum absolute atomic E-state index is 0.123. The molecule has 0 fully saturated rings. The van der Waals surface area contributed by atoms with Crippen molar-refractivity contribution in [3.8, 4) is 5.75 Å². The largest absolute Gasteiger partial charge is 0.497 e. The number of benzene rings is 2. The van der Waals surface area contributed by atoms with E-state index in [0.717, 1.165) is 21.7 Å². The number of hydrogen-bond donors (Lipinski definition) is 0. The molecule has 0 aliphatic heterocycles. The first-order valence-corrected chi connectivity index (χ1v) is 10.2. The number of allylic oxidation sites excluding steroid dienone is 1. The average molecular weight is 385 g/mol. The van der Waals surface area contributed by atoms with Crippen molar-refractivity contribution < 1.29 is 9.53 Å². The molecule has 0 spiro atoms. The summed E-state index contributed by atoms with van der Waals surface area (Å²) >= 11 is 3.07. The van der Waals surface area contributed by atoms with E-state index in [1.807, 2.05) is 47.0 Å². The van der Waals surface area contributed by atoms with Crippen LogP contribution in [0.5, 0.6) is 5.75 Å². The van der Waals surface area contributed by atoms with Crippen molar-refractivity contribution in [3.05, 3.63) is 71.6 Å². The Hall–Kier alpha value is -2.31. The normalized spacial score (nSPS) is 11.7. The Morgan fingerprint density at radius 3 is 2.85 bits per heavy atom. The molecule has 0 aliphatic carbocycles. The Kier molecular flexibility index (Phi) is 6.30. The third-order valence-electron chi connectivity index (χ3n) is 3.76. The standard InChI is InChI=1S/C20H20N2O2S2/c1-3-11-22-17-10-9-16(24-2)12-18(17)26-20(22)21-19(23)14-25-13-15-7-5-4-6-8-15/h3-10,12H,1,11,13-14H2,2H3. The second-order valence-corrected chi connectivity index (χ2v) is 7.60. The predicted octanol–water partition coefficient (Wildman–Crippen LogP) is 4.26. The summed E-state index contributed by atoms with van der Waals surface area (Å²) in [4.78, 5) is 17.3. The minimum atomic E-state index is -0.123. The van der Waals surface area contributed by atoms with Gasteiger partial charge in [-0.1, -0.05) is 47.7 Å². The van der Waals surface area contributed by atoms with Crippen molar-refractivity contribution >= 4 is 39.2 Å². The number of ether oxygens (including phenoxy) is 1. The Morgan fingerprint density at radius 1 is 1.31 bits per heavy atom. The third kappa shape index (κ3) is 4.45. The van der Waals surface area contributed by atoms with E-state index in [1.165, 1.54) is 16.9 Å². The van der Waals surface area contributed by atoms with Gasteiger partial charge in [-0.3, -0.25) is 4.79 Å². The number of fused-ring (bicyclic) bond motifs is 1. The first-order chi connectivity index (χ1) is 12.7. The number of methoxy groups -OCH3 is 1. The highest BCUT2D eigenvalue weighted by Crippen LogP contribution is 2.23. The van der Waals surface area contributed by atoms with Gasteiger partial charge in [0.05, 0.1) is 23.1 Å². The van der Waals surface area contributed by atoms with Crippen LogP contribution in [0.1, 0.15) is 5.56 Å². The van der Waals surface area contributed by atoms with Crippen LogP contribution in [0.4, 0.5) is 0 Å². The molecule has 4 nitrogen and oxygen atoms in total. The fourth-order valence-corrected chi connectivity index (χ4v) is 4.40. The summed E-state index contributed by atoms with van der Waals surface area (Å²) in [6.07, 6.45) is 1.81. The summed E-state index contributed by atoms with van der Waals surface area (Å²) in [5.74, 6) is 1.84. The number of rotatable bonds is 7. The quantitative estimate of drug-likeness (QED) is 0.572. The van der Waals surface area contributed by atoms with Gasteiger partial charge in [0, 0.05) is 12.3 Å². The molecule has 6 heteroatoms. The third-order valence-corrected chi connectivity index (χ3v) is 5.79. The number of nitrogens with zero attached hydrogens (tertiary/aromatic N) is 2. The van der Waals surface area contributed by atoms with Crippen LogP contribution in [0, 0.1) is 0 Å². The van der Waals surface area contributed by atoms with E-state index in [4.69, 9.17) is 4.74 Å². The topological polar surface area (TPSA) is 43.6 Å². The van der Waals surface area contributed by atoms with Crippen LogP contribution in [-0.2, 0) is 17.1 Å². The molecule has 134 valence electrons. The van der Waals surface area contributed by atoms with Gasteiger partial charge in [-0.15, -0.1) is 18.3 Å². The molecule has 0 radical (unpaired) electrons. The Bertz CT molecular complexity index is 974. The second-order valence-electron chi connectivity index (χ2n) is 5.60. The zero-order chi connectivity index (χ0) is 18.4. The van der Waals surface area contributed by atoms with E-state index in [9.17, 15) is 4.79 Å². The number of amides is 1. The minimum Gasteiger partial charge on any atom is -0.497 e. The fraction of sp³-hybridized carbons (Fsp3) is 0.200. The average Bonchev–Trinajstić information content (AvgIpc) is 2.99. The lowest BCUT2D eigenvalue weighted by Gasteiger charge is -2.02. The lowest BCUT2D eigenvalue weighted by Crippen LogP contribution is -2.16. The van der Waals surface area contributed by atoms with E-state index in [0.29, 0.717) is 17.1 Å². The lowest BCUT2D eigenvalue weighted by molar-refractivity contribution is -0.115. The summed E-state index contributed by atoms with van der Waals surface area (Å²) in [6, 6.07) is 16.0. The molecule has 26 heavy (non-hydrogen) atoms. The monoisotopic (exact) mass is 384 g/mol. The highest BCUT2D eigenvalue weighted by Gasteiger charge is 2.08. The van der Waals surface area contributed by atoms with Gasteiger partial charge in [0.1, 0.15) is 5.75 Å². The number of thiazole rings is 1. The highest BCUT2D eigenvalue weighted by molar-refractivity contribution is 7.99. The molecule has 3 rings (SSSR count). The smallest absolute Gasteiger partial charge is 0.258 e. The van der Waals surface area contributed by atoms with E-state index < -0.39 is 0 Å². The zero-order valence-corrected chi connectivity index (χ0v) is 16.2. The molecular formula is C20H20N2O2S2. The molecule has 3 aromatic rings. The van der Waals surface area contributed by atoms with E-state index in [1.54, 1.807) is 18.9 Å². The van der Waals surface area contributed by atoms with E-state index >= 15 is 0 Å². The van der Waals surface area contributed by atoms with Crippen molar-refractivity contribution in [2.45, 2.75) is 12.3 Å². The summed E-state index contributed by atoms with van der Waals surface area (Å²) < 4.78 is 8.33. The van der Waals surface area contributed by atoms with Gasteiger partial charge < -0.3 is 9.30 Å². The molecule has 0 unspecified atom stereocenters. The highest BCUT2D eigenvalue weighted by atomic mass is 32.2. The van der Waals surface area contributed by atoms with Gasteiger partial charge in [0.15, 0.2) is 4.80 Å². The van der Waals surface area contributed by atoms with Crippen LogP contribution >= 0.6 is 23.1 Å². The van der Waals surface area contributed by atoms with E-state index in [2.05, 4.69) is 23.7 Å². The molecular weight excluding hydrogens is 364 g/mol. The van der Waals surface area contributed by atoms with Gasteiger partial charge >= 0.3 is 0 Å². The number of carbonyl (C=O) groups is 1. The van der Waals surface area contributed by atoms with E-state index in [-0.39, 0.29) is 5.91 Å². The van der Waals surface area contributed by atoms with Gasteiger partial charge in [-0.2, -0.15) is 4.99 Å². The molecule has 0 atom stereocenters. The Labute approximate surface area is 160 Å². The first kappa shape index (κ1) is 18.5. The summed E-state index contributed by atoms with van der Waals surface area (Å²) in [5.41, 5.74) is 2.24. The van der Waals surface area contributed by atoms with Crippen molar-refractivity contribution in [1.82, 2.24) is 4.57 Å².